The number of piperidine rings is 1. The maximum Gasteiger partial charge on any atom is 0.237 e. The first-order chi connectivity index (χ1) is 11.2. The molecule has 6 nitrogen and oxygen atoms in total. The number of carbonyl (C=O) groups excluding carboxylic acids is 2. The van der Waals surface area contributed by atoms with Crippen LogP contribution in [0.15, 0.2) is 24.5 Å². The number of rotatable bonds is 4. The van der Waals surface area contributed by atoms with Gasteiger partial charge in [0.05, 0.1) is 12.5 Å². The Morgan fingerprint density at radius 1 is 1.26 bits per heavy atom. The van der Waals surface area contributed by atoms with Crippen molar-refractivity contribution < 1.29 is 9.59 Å². The molecule has 0 bridgehead atoms. The van der Waals surface area contributed by atoms with Crippen LogP contribution in [0.5, 0.6) is 0 Å². The minimum absolute atomic E-state index is 0.0366. The zero-order chi connectivity index (χ0) is 16.1. The van der Waals surface area contributed by atoms with Gasteiger partial charge in [0.2, 0.25) is 11.8 Å². The largest absolute Gasteiger partial charge is 0.353 e. The molecule has 1 unspecified atom stereocenters. The quantitative estimate of drug-likeness (QED) is 0.892. The lowest BCUT2D eigenvalue weighted by Crippen LogP contribution is -2.56. The average Bonchev–Trinajstić information content (AvgIpc) is 2.59. The van der Waals surface area contributed by atoms with E-state index in [2.05, 4.69) is 15.2 Å². The van der Waals surface area contributed by atoms with E-state index in [-0.39, 0.29) is 24.3 Å². The molecule has 0 saturated carbocycles. The van der Waals surface area contributed by atoms with Crippen LogP contribution >= 0.6 is 0 Å². The van der Waals surface area contributed by atoms with E-state index in [1.807, 2.05) is 23.2 Å². The Morgan fingerprint density at radius 2 is 2.09 bits per heavy atom. The summed E-state index contributed by atoms with van der Waals surface area (Å²) in [5.41, 5.74) is 1.07. The first-order valence-electron chi connectivity index (χ1n) is 8.42. The summed E-state index contributed by atoms with van der Waals surface area (Å²) in [6, 6.07) is 3.52. The molecule has 1 aromatic rings. The van der Waals surface area contributed by atoms with E-state index in [4.69, 9.17) is 0 Å². The summed E-state index contributed by atoms with van der Waals surface area (Å²) in [5.74, 6) is 0.0634. The van der Waals surface area contributed by atoms with Crippen LogP contribution in [0.1, 0.15) is 31.2 Å². The zero-order valence-corrected chi connectivity index (χ0v) is 13.4. The van der Waals surface area contributed by atoms with Crippen molar-refractivity contribution in [2.75, 3.05) is 26.2 Å². The van der Waals surface area contributed by atoms with Gasteiger partial charge in [0.15, 0.2) is 0 Å². The van der Waals surface area contributed by atoms with E-state index >= 15 is 0 Å². The third kappa shape index (κ3) is 4.07. The average molecular weight is 316 g/mol. The van der Waals surface area contributed by atoms with Crippen LogP contribution in [0, 0.1) is 0 Å². The minimum Gasteiger partial charge on any atom is -0.353 e. The number of pyridine rings is 1. The molecule has 1 atom stereocenters. The van der Waals surface area contributed by atoms with Crippen LogP contribution < -0.4 is 5.32 Å². The molecule has 3 rings (SSSR count). The van der Waals surface area contributed by atoms with Gasteiger partial charge in [-0.25, -0.2) is 0 Å². The Morgan fingerprint density at radius 3 is 2.83 bits per heavy atom. The molecule has 0 spiro atoms. The topological polar surface area (TPSA) is 65.5 Å². The highest BCUT2D eigenvalue weighted by Crippen LogP contribution is 2.16. The standard InChI is InChI=1S/C17H24N4O2/c22-16(20-8-2-1-3-9-20)11-15-17(23)19-7-10-21(15)13-14-5-4-6-18-12-14/h4-6,12,15H,1-3,7-11,13H2,(H,19,23). The fourth-order valence-electron chi connectivity index (χ4n) is 3.34. The van der Waals surface area contributed by atoms with Gasteiger partial charge in [-0.3, -0.25) is 19.5 Å². The Hall–Kier alpha value is -1.95. The molecule has 2 aliphatic heterocycles. The van der Waals surface area contributed by atoms with Gasteiger partial charge in [-0.2, -0.15) is 0 Å². The number of nitrogens with zero attached hydrogens (tertiary/aromatic N) is 3. The van der Waals surface area contributed by atoms with E-state index in [1.165, 1.54) is 6.42 Å². The zero-order valence-electron chi connectivity index (χ0n) is 13.4. The molecule has 2 saturated heterocycles. The Labute approximate surface area is 136 Å². The van der Waals surface area contributed by atoms with E-state index < -0.39 is 0 Å². The van der Waals surface area contributed by atoms with E-state index in [0.717, 1.165) is 38.0 Å². The van der Waals surface area contributed by atoms with Gasteiger partial charge < -0.3 is 10.2 Å². The number of piperazine rings is 1. The molecule has 6 heteroatoms. The van der Waals surface area contributed by atoms with Gasteiger partial charge >= 0.3 is 0 Å². The van der Waals surface area contributed by atoms with Crippen molar-refractivity contribution >= 4 is 11.8 Å². The second kappa shape index (κ2) is 7.55. The Bertz CT molecular complexity index is 543. The molecule has 2 amide bonds. The normalized spacial score (nSPS) is 22.7. The summed E-state index contributed by atoms with van der Waals surface area (Å²) in [4.78, 5) is 32.9. The maximum atomic E-state index is 12.5. The number of amides is 2. The van der Waals surface area contributed by atoms with Crippen LogP contribution in [0.25, 0.3) is 0 Å². The van der Waals surface area contributed by atoms with Gasteiger partial charge in [0.25, 0.3) is 0 Å². The van der Waals surface area contributed by atoms with Gasteiger partial charge in [-0.05, 0) is 30.9 Å². The first kappa shape index (κ1) is 15.9. The van der Waals surface area contributed by atoms with Crippen LogP contribution in [0.4, 0.5) is 0 Å². The number of carbonyl (C=O) groups is 2. The molecule has 2 fully saturated rings. The van der Waals surface area contributed by atoms with Crippen molar-refractivity contribution in [3.05, 3.63) is 30.1 Å². The van der Waals surface area contributed by atoms with Gasteiger partial charge in [0.1, 0.15) is 0 Å². The molecular weight excluding hydrogens is 292 g/mol. The molecule has 0 radical (unpaired) electrons. The highest BCUT2D eigenvalue weighted by atomic mass is 16.2. The van der Waals surface area contributed by atoms with E-state index in [0.29, 0.717) is 13.1 Å². The second-order valence-electron chi connectivity index (χ2n) is 6.28. The number of likely N-dealkylation sites (tertiary alicyclic amines) is 1. The lowest BCUT2D eigenvalue weighted by atomic mass is 10.0. The van der Waals surface area contributed by atoms with Crippen molar-refractivity contribution in [2.45, 2.75) is 38.3 Å². The van der Waals surface area contributed by atoms with Crippen LogP contribution in [-0.4, -0.2) is 58.8 Å². The summed E-state index contributed by atoms with van der Waals surface area (Å²) in [7, 11) is 0. The summed E-state index contributed by atoms with van der Waals surface area (Å²) in [6.07, 6.45) is 7.16. The lowest BCUT2D eigenvalue weighted by Gasteiger charge is -2.36. The molecule has 0 aliphatic carbocycles. The summed E-state index contributed by atoms with van der Waals surface area (Å²) in [6.45, 7) is 3.71. The maximum absolute atomic E-state index is 12.5. The van der Waals surface area contributed by atoms with Gasteiger partial charge in [-0.15, -0.1) is 0 Å². The Kier molecular flexibility index (Phi) is 5.23. The third-order valence-electron chi connectivity index (χ3n) is 4.63. The Balaban J connectivity index is 1.65. The summed E-state index contributed by atoms with van der Waals surface area (Å²) in [5, 5.41) is 2.89. The van der Waals surface area contributed by atoms with Crippen molar-refractivity contribution in [1.29, 1.82) is 0 Å². The summed E-state index contributed by atoms with van der Waals surface area (Å²) < 4.78 is 0. The molecular formula is C17H24N4O2. The number of hydrogen-bond donors (Lipinski definition) is 1. The number of nitrogens with one attached hydrogen (secondary N) is 1. The molecule has 0 aromatic carbocycles. The molecule has 1 N–H and O–H groups in total. The molecule has 3 heterocycles. The highest BCUT2D eigenvalue weighted by Gasteiger charge is 2.33. The second-order valence-corrected chi connectivity index (χ2v) is 6.28. The third-order valence-corrected chi connectivity index (χ3v) is 4.63. The molecule has 23 heavy (non-hydrogen) atoms. The minimum atomic E-state index is -0.376. The predicted molar refractivity (Wildman–Crippen MR) is 86.5 cm³/mol. The number of hydrogen-bond acceptors (Lipinski definition) is 4. The highest BCUT2D eigenvalue weighted by molar-refractivity contribution is 5.88. The van der Waals surface area contributed by atoms with Crippen molar-refractivity contribution in [2.24, 2.45) is 0 Å². The fourth-order valence-corrected chi connectivity index (χ4v) is 3.34. The molecule has 1 aromatic heterocycles. The van der Waals surface area contributed by atoms with Gasteiger partial charge in [-0.1, -0.05) is 6.07 Å². The van der Waals surface area contributed by atoms with Crippen molar-refractivity contribution in [1.82, 2.24) is 20.1 Å². The summed E-state index contributed by atoms with van der Waals surface area (Å²) >= 11 is 0. The first-order valence-corrected chi connectivity index (χ1v) is 8.42. The van der Waals surface area contributed by atoms with Crippen molar-refractivity contribution in [3.63, 3.8) is 0 Å². The van der Waals surface area contributed by atoms with Crippen molar-refractivity contribution in [3.8, 4) is 0 Å². The van der Waals surface area contributed by atoms with Crippen LogP contribution in [0.3, 0.4) is 0 Å². The smallest absolute Gasteiger partial charge is 0.237 e. The lowest BCUT2D eigenvalue weighted by molar-refractivity contribution is -0.139. The molecule has 2 aliphatic rings. The molecule has 124 valence electrons. The van der Waals surface area contributed by atoms with Gasteiger partial charge in [0, 0.05) is 45.1 Å². The fraction of sp³-hybridized carbons (Fsp3) is 0.588. The van der Waals surface area contributed by atoms with Crippen LogP contribution in [-0.2, 0) is 16.1 Å². The number of aromatic nitrogens is 1. The van der Waals surface area contributed by atoms with E-state index in [1.54, 1.807) is 6.20 Å². The van der Waals surface area contributed by atoms with E-state index in [9.17, 15) is 9.59 Å². The predicted octanol–water partition coefficient (Wildman–Crippen LogP) is 0.785. The van der Waals surface area contributed by atoms with Crippen LogP contribution in [0.2, 0.25) is 0 Å². The SMILES string of the molecule is O=C1NCCN(Cc2cccnc2)C1CC(=O)N1CCCCC1. The monoisotopic (exact) mass is 316 g/mol.